The van der Waals surface area contributed by atoms with Gasteiger partial charge in [-0.25, -0.2) is 4.98 Å². The van der Waals surface area contributed by atoms with Crippen molar-refractivity contribution in [2.45, 2.75) is 39.0 Å². The van der Waals surface area contributed by atoms with Gasteiger partial charge in [0.05, 0.1) is 11.6 Å². The summed E-state index contributed by atoms with van der Waals surface area (Å²) < 4.78 is 0. The van der Waals surface area contributed by atoms with Gasteiger partial charge in [0.1, 0.15) is 0 Å². The number of hydrogen-bond acceptors (Lipinski definition) is 3. The normalized spacial score (nSPS) is 12.5. The summed E-state index contributed by atoms with van der Waals surface area (Å²) in [4.78, 5) is 5.50. The van der Waals surface area contributed by atoms with Crippen LogP contribution in [0.4, 0.5) is 0 Å². The van der Waals surface area contributed by atoms with Crippen molar-refractivity contribution in [1.82, 2.24) is 4.98 Å². The van der Waals surface area contributed by atoms with Crippen molar-refractivity contribution >= 4 is 11.3 Å². The van der Waals surface area contributed by atoms with Crippen LogP contribution in [0.5, 0.6) is 0 Å². The van der Waals surface area contributed by atoms with Crippen LogP contribution in [-0.2, 0) is 5.41 Å². The summed E-state index contributed by atoms with van der Waals surface area (Å²) in [5.74, 6) is 0.480. The summed E-state index contributed by atoms with van der Waals surface area (Å²) in [6, 6.07) is 0. The van der Waals surface area contributed by atoms with Gasteiger partial charge in [-0.2, -0.15) is 0 Å². The Morgan fingerprint density at radius 1 is 1.54 bits per heavy atom. The SMILES string of the molecule is CC(C)c1ncc(C(C)(C)CO)s1. The zero-order valence-electron chi connectivity index (χ0n) is 8.66. The molecule has 0 atom stereocenters. The average Bonchev–Trinajstić information content (AvgIpc) is 2.52. The van der Waals surface area contributed by atoms with Crippen molar-refractivity contribution < 1.29 is 5.11 Å². The Bertz CT molecular complexity index is 278. The van der Waals surface area contributed by atoms with Crippen molar-refractivity contribution in [3.8, 4) is 0 Å². The molecule has 1 rings (SSSR count). The summed E-state index contributed by atoms with van der Waals surface area (Å²) in [7, 11) is 0. The molecule has 0 saturated carbocycles. The van der Waals surface area contributed by atoms with Crippen LogP contribution >= 0.6 is 11.3 Å². The van der Waals surface area contributed by atoms with Gasteiger partial charge in [0, 0.05) is 22.4 Å². The van der Waals surface area contributed by atoms with Crippen molar-refractivity contribution in [2.75, 3.05) is 6.61 Å². The van der Waals surface area contributed by atoms with E-state index in [1.807, 2.05) is 20.0 Å². The van der Waals surface area contributed by atoms with E-state index in [1.54, 1.807) is 11.3 Å². The third-order valence-electron chi connectivity index (χ3n) is 2.08. The van der Waals surface area contributed by atoms with Gasteiger partial charge in [-0.05, 0) is 0 Å². The molecule has 1 aromatic rings. The Kier molecular flexibility index (Phi) is 3.09. The lowest BCUT2D eigenvalue weighted by Crippen LogP contribution is -2.20. The molecule has 0 aliphatic heterocycles. The fourth-order valence-corrected chi connectivity index (χ4v) is 1.96. The highest BCUT2D eigenvalue weighted by Gasteiger charge is 2.22. The summed E-state index contributed by atoms with van der Waals surface area (Å²) >= 11 is 1.70. The molecule has 3 heteroatoms. The standard InChI is InChI=1S/C10H17NOS/c1-7(2)9-11-5-8(13-9)10(3,4)6-12/h5,7,12H,6H2,1-4H3. The van der Waals surface area contributed by atoms with E-state index in [2.05, 4.69) is 18.8 Å². The van der Waals surface area contributed by atoms with Crippen molar-refractivity contribution in [3.63, 3.8) is 0 Å². The molecule has 0 bridgehead atoms. The molecule has 0 aliphatic carbocycles. The second-order valence-electron chi connectivity index (χ2n) is 4.26. The van der Waals surface area contributed by atoms with Gasteiger partial charge in [0.25, 0.3) is 0 Å². The highest BCUT2D eigenvalue weighted by molar-refractivity contribution is 7.11. The maximum atomic E-state index is 9.17. The van der Waals surface area contributed by atoms with Gasteiger partial charge < -0.3 is 5.11 Å². The van der Waals surface area contributed by atoms with E-state index in [0.717, 1.165) is 5.01 Å². The van der Waals surface area contributed by atoms with Crippen LogP contribution in [-0.4, -0.2) is 16.7 Å². The molecule has 0 aromatic carbocycles. The largest absolute Gasteiger partial charge is 0.395 e. The van der Waals surface area contributed by atoms with Crippen LogP contribution in [0.3, 0.4) is 0 Å². The van der Waals surface area contributed by atoms with Crippen LogP contribution in [0.2, 0.25) is 0 Å². The zero-order chi connectivity index (χ0) is 10.1. The Morgan fingerprint density at radius 2 is 2.15 bits per heavy atom. The maximum Gasteiger partial charge on any atom is 0.0953 e. The molecule has 0 spiro atoms. The van der Waals surface area contributed by atoms with Crippen molar-refractivity contribution in [1.29, 1.82) is 0 Å². The number of aliphatic hydroxyl groups is 1. The molecule has 2 nitrogen and oxygen atoms in total. The summed E-state index contributed by atoms with van der Waals surface area (Å²) in [6.07, 6.45) is 1.89. The lowest BCUT2D eigenvalue weighted by Gasteiger charge is -2.18. The van der Waals surface area contributed by atoms with Gasteiger partial charge in [-0.3, -0.25) is 0 Å². The number of rotatable bonds is 3. The first-order valence-electron chi connectivity index (χ1n) is 4.54. The summed E-state index contributed by atoms with van der Waals surface area (Å²) in [6.45, 7) is 8.51. The molecule has 0 radical (unpaired) electrons. The monoisotopic (exact) mass is 199 g/mol. The van der Waals surface area contributed by atoms with Gasteiger partial charge in [0.2, 0.25) is 0 Å². The Balaban J connectivity index is 2.91. The van der Waals surface area contributed by atoms with Crippen LogP contribution in [0.1, 0.15) is 43.5 Å². The number of thiazole rings is 1. The molecule has 1 N–H and O–H groups in total. The van der Waals surface area contributed by atoms with E-state index in [9.17, 15) is 5.11 Å². The van der Waals surface area contributed by atoms with Crippen molar-refractivity contribution in [3.05, 3.63) is 16.1 Å². The van der Waals surface area contributed by atoms with Crippen LogP contribution in [0, 0.1) is 0 Å². The molecule has 74 valence electrons. The predicted molar refractivity (Wildman–Crippen MR) is 56.3 cm³/mol. The fourth-order valence-electron chi connectivity index (χ4n) is 0.945. The predicted octanol–water partition coefficient (Wildman–Crippen LogP) is 2.54. The topological polar surface area (TPSA) is 33.1 Å². The lowest BCUT2D eigenvalue weighted by molar-refractivity contribution is 0.221. The van der Waals surface area contributed by atoms with Crippen molar-refractivity contribution in [2.24, 2.45) is 0 Å². The smallest absolute Gasteiger partial charge is 0.0953 e. The van der Waals surface area contributed by atoms with E-state index >= 15 is 0 Å². The van der Waals surface area contributed by atoms with Gasteiger partial charge in [-0.1, -0.05) is 27.7 Å². The molecular formula is C10H17NOS. The van der Waals surface area contributed by atoms with E-state index in [-0.39, 0.29) is 12.0 Å². The fraction of sp³-hybridized carbons (Fsp3) is 0.700. The molecule has 0 saturated heterocycles. The number of nitrogens with zero attached hydrogens (tertiary/aromatic N) is 1. The Labute approximate surface area is 83.6 Å². The molecule has 0 unspecified atom stereocenters. The van der Waals surface area contributed by atoms with Crippen LogP contribution in [0.15, 0.2) is 6.20 Å². The molecule has 13 heavy (non-hydrogen) atoms. The summed E-state index contributed by atoms with van der Waals surface area (Å²) in [5, 5.41) is 10.3. The Hall–Kier alpha value is -0.410. The molecule has 0 fully saturated rings. The number of aliphatic hydroxyl groups excluding tert-OH is 1. The first kappa shape index (κ1) is 10.7. The van der Waals surface area contributed by atoms with E-state index in [1.165, 1.54) is 4.88 Å². The van der Waals surface area contributed by atoms with Gasteiger partial charge in [0.15, 0.2) is 0 Å². The van der Waals surface area contributed by atoms with Gasteiger partial charge in [-0.15, -0.1) is 11.3 Å². The molecule has 1 aromatic heterocycles. The quantitative estimate of drug-likeness (QED) is 0.811. The third kappa shape index (κ3) is 2.29. The first-order chi connectivity index (χ1) is 5.97. The highest BCUT2D eigenvalue weighted by Crippen LogP contribution is 2.30. The maximum absolute atomic E-state index is 9.17. The lowest BCUT2D eigenvalue weighted by atomic mass is 9.94. The average molecular weight is 199 g/mol. The minimum absolute atomic E-state index is 0.148. The minimum Gasteiger partial charge on any atom is -0.395 e. The molecule has 0 aliphatic rings. The minimum atomic E-state index is -0.148. The molecule has 0 amide bonds. The number of aromatic nitrogens is 1. The van der Waals surface area contributed by atoms with Crippen LogP contribution in [0.25, 0.3) is 0 Å². The first-order valence-corrected chi connectivity index (χ1v) is 5.36. The second-order valence-corrected chi connectivity index (χ2v) is 5.32. The van der Waals surface area contributed by atoms with E-state index in [4.69, 9.17) is 0 Å². The third-order valence-corrected chi connectivity index (χ3v) is 3.74. The summed E-state index contributed by atoms with van der Waals surface area (Å²) in [5.41, 5.74) is -0.148. The van der Waals surface area contributed by atoms with Gasteiger partial charge >= 0.3 is 0 Å². The highest BCUT2D eigenvalue weighted by atomic mass is 32.1. The Morgan fingerprint density at radius 3 is 2.54 bits per heavy atom. The second kappa shape index (κ2) is 3.76. The van der Waals surface area contributed by atoms with E-state index < -0.39 is 0 Å². The van der Waals surface area contributed by atoms with Crippen LogP contribution < -0.4 is 0 Å². The molecular weight excluding hydrogens is 182 g/mol. The number of hydrogen-bond donors (Lipinski definition) is 1. The zero-order valence-corrected chi connectivity index (χ0v) is 9.48. The molecule has 1 heterocycles. The van der Waals surface area contributed by atoms with E-state index in [0.29, 0.717) is 5.92 Å².